The molecule has 0 aromatic rings. The Morgan fingerprint density at radius 2 is 1.59 bits per heavy atom. The smallest absolute Gasteiger partial charge is 0.326 e. The zero-order chi connectivity index (χ0) is 24.6. The Labute approximate surface area is 184 Å². The first-order valence-corrected chi connectivity index (χ1v) is 10.2. The van der Waals surface area contributed by atoms with Crippen molar-refractivity contribution in [1.29, 1.82) is 0 Å². The Hall–Kier alpha value is -3.22. The van der Waals surface area contributed by atoms with E-state index in [9.17, 15) is 33.9 Å². The van der Waals surface area contributed by atoms with Crippen LogP contribution >= 0.6 is 0 Å². The number of carboxylic acid groups (broad SMARTS) is 3. The highest BCUT2D eigenvalue weighted by atomic mass is 16.4. The predicted molar refractivity (Wildman–Crippen MR) is 108 cm³/mol. The van der Waals surface area contributed by atoms with E-state index in [2.05, 4.69) is 10.6 Å². The molecular weight excluding hydrogens is 428 g/mol. The van der Waals surface area contributed by atoms with Gasteiger partial charge in [-0.2, -0.15) is 0 Å². The molecule has 0 spiro atoms. The third-order valence-electron chi connectivity index (χ3n) is 5.34. The number of nitrogens with one attached hydrogen (secondary N) is 2. The maximum atomic E-state index is 13.1. The van der Waals surface area contributed by atoms with Crippen LogP contribution < -0.4 is 16.4 Å². The minimum atomic E-state index is -1.62. The average molecular weight is 458 g/mol. The number of carbonyl (C=O) groups is 6. The molecule has 1 fully saturated rings. The van der Waals surface area contributed by atoms with Crippen molar-refractivity contribution in [1.82, 2.24) is 15.5 Å². The Kier molecular flexibility index (Phi) is 10.0. The molecule has 7 N–H and O–H groups in total. The number of rotatable bonds is 12. The Balaban J connectivity index is 3.04. The highest BCUT2D eigenvalue weighted by molar-refractivity contribution is 5.96. The predicted octanol–water partition coefficient (Wildman–Crippen LogP) is -1.65. The van der Waals surface area contributed by atoms with Crippen molar-refractivity contribution in [3.8, 4) is 0 Å². The number of carboxylic acids is 3. The normalized spacial score (nSPS) is 19.3. The van der Waals surface area contributed by atoms with Gasteiger partial charge in [-0.3, -0.25) is 24.0 Å². The van der Waals surface area contributed by atoms with Crippen LogP contribution in [0.3, 0.4) is 0 Å². The maximum absolute atomic E-state index is 13.1. The summed E-state index contributed by atoms with van der Waals surface area (Å²) in [6, 6.07) is -5.29. The molecule has 13 heteroatoms. The lowest BCUT2D eigenvalue weighted by Gasteiger charge is -2.31. The van der Waals surface area contributed by atoms with E-state index in [4.69, 9.17) is 15.9 Å². The van der Waals surface area contributed by atoms with E-state index in [1.807, 2.05) is 0 Å². The summed E-state index contributed by atoms with van der Waals surface area (Å²) in [5, 5.41) is 31.7. The fraction of sp³-hybridized carbons (Fsp3) is 0.684. The second-order valence-corrected chi connectivity index (χ2v) is 7.76. The van der Waals surface area contributed by atoms with Gasteiger partial charge in [0, 0.05) is 6.54 Å². The van der Waals surface area contributed by atoms with Gasteiger partial charge in [0.05, 0.1) is 18.9 Å². The minimum absolute atomic E-state index is 0.206. The summed E-state index contributed by atoms with van der Waals surface area (Å²) in [7, 11) is 0. The van der Waals surface area contributed by atoms with Gasteiger partial charge in [-0.05, 0) is 18.8 Å². The van der Waals surface area contributed by atoms with Gasteiger partial charge in [-0.1, -0.05) is 20.3 Å². The summed E-state index contributed by atoms with van der Waals surface area (Å²) in [5.41, 5.74) is 5.45. The first-order chi connectivity index (χ1) is 14.9. The monoisotopic (exact) mass is 458 g/mol. The highest BCUT2D eigenvalue weighted by Crippen LogP contribution is 2.21. The molecule has 0 aliphatic carbocycles. The molecule has 5 atom stereocenters. The van der Waals surface area contributed by atoms with E-state index in [0.717, 1.165) is 0 Å². The lowest BCUT2D eigenvalue weighted by molar-refractivity contribution is -0.150. The second-order valence-electron chi connectivity index (χ2n) is 7.76. The van der Waals surface area contributed by atoms with Gasteiger partial charge in [0.25, 0.3) is 0 Å². The van der Waals surface area contributed by atoms with Gasteiger partial charge >= 0.3 is 17.9 Å². The largest absolute Gasteiger partial charge is 0.481 e. The highest BCUT2D eigenvalue weighted by Gasteiger charge is 2.40. The van der Waals surface area contributed by atoms with Crippen LogP contribution in [0, 0.1) is 5.92 Å². The number of nitrogens with zero attached hydrogens (tertiary/aromatic N) is 1. The van der Waals surface area contributed by atoms with E-state index >= 15 is 0 Å². The van der Waals surface area contributed by atoms with Gasteiger partial charge < -0.3 is 36.6 Å². The van der Waals surface area contributed by atoms with Crippen molar-refractivity contribution in [3.63, 3.8) is 0 Å². The van der Waals surface area contributed by atoms with Crippen molar-refractivity contribution >= 4 is 35.6 Å². The Morgan fingerprint density at radius 3 is 2.09 bits per heavy atom. The van der Waals surface area contributed by atoms with Crippen LogP contribution in [0.2, 0.25) is 0 Å². The molecule has 32 heavy (non-hydrogen) atoms. The number of aliphatic carboxylic acids is 3. The molecule has 1 heterocycles. The summed E-state index contributed by atoms with van der Waals surface area (Å²) < 4.78 is 0. The van der Waals surface area contributed by atoms with Crippen molar-refractivity contribution in [2.24, 2.45) is 11.7 Å². The SMILES string of the molecule is CCC(C)C(NC(=O)C(CC(=O)O)NC(=O)C(N)CC(=O)O)C(=O)N1CCCC1C(=O)O. The minimum Gasteiger partial charge on any atom is -0.481 e. The van der Waals surface area contributed by atoms with Gasteiger partial charge in [0.1, 0.15) is 18.1 Å². The van der Waals surface area contributed by atoms with Crippen molar-refractivity contribution in [2.45, 2.75) is 70.1 Å². The number of carbonyl (C=O) groups excluding carboxylic acids is 3. The molecule has 5 unspecified atom stereocenters. The summed E-state index contributed by atoms with van der Waals surface area (Å²) in [6.07, 6.45) is -0.348. The molecule has 0 saturated carbocycles. The van der Waals surface area contributed by atoms with E-state index in [-0.39, 0.29) is 13.0 Å². The molecule has 1 aliphatic heterocycles. The van der Waals surface area contributed by atoms with E-state index < -0.39 is 78.6 Å². The molecule has 0 aromatic heterocycles. The number of likely N-dealkylation sites (tertiary alicyclic amines) is 1. The van der Waals surface area contributed by atoms with Crippen LogP contribution in [0.4, 0.5) is 0 Å². The fourth-order valence-electron chi connectivity index (χ4n) is 3.35. The summed E-state index contributed by atoms with van der Waals surface area (Å²) in [5.74, 6) is -6.98. The van der Waals surface area contributed by atoms with Gasteiger partial charge in [0.2, 0.25) is 17.7 Å². The second kappa shape index (κ2) is 12.0. The standard InChI is InChI=1S/C19H30N4O9/c1-3-9(2)15(18(30)23-6-4-5-12(23)19(31)32)22-17(29)11(8-14(26)27)21-16(28)10(20)7-13(24)25/h9-12,15H,3-8,20H2,1-2H3,(H,21,28)(H,22,29)(H,24,25)(H,26,27)(H,31,32). The first-order valence-electron chi connectivity index (χ1n) is 10.2. The van der Waals surface area contributed by atoms with Crippen LogP contribution in [-0.2, 0) is 28.8 Å². The van der Waals surface area contributed by atoms with E-state index in [1.165, 1.54) is 4.90 Å². The first kappa shape index (κ1) is 26.8. The number of hydrogen-bond acceptors (Lipinski definition) is 7. The van der Waals surface area contributed by atoms with Gasteiger partial charge in [0.15, 0.2) is 0 Å². The van der Waals surface area contributed by atoms with Gasteiger partial charge in [-0.25, -0.2) is 4.79 Å². The molecule has 0 radical (unpaired) electrons. The molecule has 13 nitrogen and oxygen atoms in total. The van der Waals surface area contributed by atoms with Crippen LogP contribution in [0.25, 0.3) is 0 Å². The zero-order valence-corrected chi connectivity index (χ0v) is 17.9. The lowest BCUT2D eigenvalue weighted by Crippen LogP contribution is -2.59. The molecule has 1 rings (SSSR count). The number of hydrogen-bond donors (Lipinski definition) is 6. The molecule has 3 amide bonds. The average Bonchev–Trinajstić information content (AvgIpc) is 3.19. The third-order valence-corrected chi connectivity index (χ3v) is 5.34. The number of nitrogens with two attached hydrogens (primary N) is 1. The molecule has 1 saturated heterocycles. The molecule has 1 aliphatic rings. The van der Waals surface area contributed by atoms with Crippen molar-refractivity contribution < 1.29 is 44.1 Å². The van der Waals surface area contributed by atoms with Gasteiger partial charge in [-0.15, -0.1) is 0 Å². The fourth-order valence-corrected chi connectivity index (χ4v) is 3.35. The molecule has 0 aromatic carbocycles. The Bertz CT molecular complexity index is 757. The lowest BCUT2D eigenvalue weighted by atomic mass is 9.96. The number of amides is 3. The zero-order valence-electron chi connectivity index (χ0n) is 17.9. The van der Waals surface area contributed by atoms with E-state index in [0.29, 0.717) is 12.8 Å². The molecule has 0 bridgehead atoms. The molecular formula is C19H30N4O9. The summed E-state index contributed by atoms with van der Waals surface area (Å²) in [4.78, 5) is 72.5. The van der Waals surface area contributed by atoms with Crippen molar-refractivity contribution in [3.05, 3.63) is 0 Å². The third kappa shape index (κ3) is 7.48. The van der Waals surface area contributed by atoms with Crippen LogP contribution in [0.15, 0.2) is 0 Å². The van der Waals surface area contributed by atoms with Crippen LogP contribution in [-0.4, -0.2) is 86.6 Å². The molecule has 180 valence electrons. The summed E-state index contributed by atoms with van der Waals surface area (Å²) >= 11 is 0. The summed E-state index contributed by atoms with van der Waals surface area (Å²) in [6.45, 7) is 3.64. The van der Waals surface area contributed by atoms with Crippen LogP contribution in [0.1, 0.15) is 46.0 Å². The van der Waals surface area contributed by atoms with E-state index in [1.54, 1.807) is 13.8 Å². The van der Waals surface area contributed by atoms with Crippen LogP contribution in [0.5, 0.6) is 0 Å². The quantitative estimate of drug-likeness (QED) is 0.196. The topological polar surface area (TPSA) is 216 Å². The van der Waals surface area contributed by atoms with Crippen molar-refractivity contribution in [2.75, 3.05) is 6.54 Å². The maximum Gasteiger partial charge on any atom is 0.326 e. The Morgan fingerprint density at radius 1 is 1.00 bits per heavy atom.